The largest absolute Gasteiger partial charge is 0.497 e. The van der Waals surface area contributed by atoms with Crippen molar-refractivity contribution in [3.05, 3.63) is 102 Å². The fourth-order valence-electron chi connectivity index (χ4n) is 4.48. The molecule has 3 N–H and O–H groups in total. The molecule has 2 amide bonds. The van der Waals surface area contributed by atoms with E-state index in [-0.39, 0.29) is 17.7 Å². The number of carbonyl (C=O) groups is 2. The lowest BCUT2D eigenvalue weighted by Gasteiger charge is -2.25. The van der Waals surface area contributed by atoms with Crippen LogP contribution in [0.15, 0.2) is 85.1 Å². The Morgan fingerprint density at radius 3 is 2.11 bits per heavy atom. The molecule has 1 aromatic heterocycles. The van der Waals surface area contributed by atoms with Crippen LogP contribution in [-0.2, 0) is 16.0 Å². The Morgan fingerprint density at radius 2 is 1.53 bits per heavy atom. The van der Waals surface area contributed by atoms with Crippen molar-refractivity contribution in [3.8, 4) is 5.75 Å². The predicted molar refractivity (Wildman–Crippen MR) is 143 cm³/mol. The summed E-state index contributed by atoms with van der Waals surface area (Å²) in [7, 11) is 1.65. The molecule has 1 heterocycles. The average Bonchev–Trinajstić information content (AvgIpc) is 3.30. The number of nitrogens with one attached hydrogen (secondary N) is 3. The smallest absolute Gasteiger partial charge is 0.242 e. The SMILES string of the molecule is COc1ccc2[nH]cc(CCNC(=O)[C@H](NC(=O)C(c3ccccc3)c3ccccc3)C(C)C)c2c1. The van der Waals surface area contributed by atoms with Gasteiger partial charge in [0, 0.05) is 23.6 Å². The lowest BCUT2D eigenvalue weighted by atomic mass is 9.89. The summed E-state index contributed by atoms with van der Waals surface area (Å²) in [5, 5.41) is 7.12. The number of fused-ring (bicyclic) bond motifs is 1. The highest BCUT2D eigenvalue weighted by atomic mass is 16.5. The normalized spacial score (nSPS) is 12.0. The van der Waals surface area contributed by atoms with Crippen LogP contribution in [-0.4, -0.2) is 36.5 Å². The Labute approximate surface area is 212 Å². The molecule has 186 valence electrons. The zero-order chi connectivity index (χ0) is 25.5. The monoisotopic (exact) mass is 483 g/mol. The van der Waals surface area contributed by atoms with Gasteiger partial charge in [-0.15, -0.1) is 0 Å². The number of benzene rings is 3. The number of aromatic amines is 1. The molecule has 36 heavy (non-hydrogen) atoms. The molecule has 0 spiro atoms. The first-order valence-electron chi connectivity index (χ1n) is 12.3. The molecular formula is C30H33N3O3. The van der Waals surface area contributed by atoms with Crippen LogP contribution >= 0.6 is 0 Å². The highest BCUT2D eigenvalue weighted by molar-refractivity contribution is 5.92. The first-order valence-corrected chi connectivity index (χ1v) is 12.3. The lowest BCUT2D eigenvalue weighted by molar-refractivity contribution is -0.130. The van der Waals surface area contributed by atoms with Crippen molar-refractivity contribution >= 4 is 22.7 Å². The molecule has 0 saturated carbocycles. The van der Waals surface area contributed by atoms with E-state index in [1.54, 1.807) is 7.11 Å². The van der Waals surface area contributed by atoms with Gasteiger partial charge in [-0.05, 0) is 47.2 Å². The second-order valence-corrected chi connectivity index (χ2v) is 9.25. The number of H-pyrrole nitrogens is 1. The molecule has 0 bridgehead atoms. The third-order valence-corrected chi connectivity index (χ3v) is 6.44. The minimum absolute atomic E-state index is 0.0708. The van der Waals surface area contributed by atoms with E-state index in [4.69, 9.17) is 4.74 Å². The summed E-state index contributed by atoms with van der Waals surface area (Å²) in [4.78, 5) is 29.9. The van der Waals surface area contributed by atoms with E-state index >= 15 is 0 Å². The van der Waals surface area contributed by atoms with Gasteiger partial charge in [0.1, 0.15) is 11.8 Å². The number of carbonyl (C=O) groups excluding carboxylic acids is 2. The Bertz CT molecular complexity index is 1260. The number of methoxy groups -OCH3 is 1. The number of hydrogen-bond donors (Lipinski definition) is 3. The highest BCUT2D eigenvalue weighted by Gasteiger charge is 2.29. The summed E-state index contributed by atoms with van der Waals surface area (Å²) >= 11 is 0. The number of ether oxygens (including phenoxy) is 1. The summed E-state index contributed by atoms with van der Waals surface area (Å²) in [5.74, 6) is -0.150. The van der Waals surface area contributed by atoms with Crippen molar-refractivity contribution in [2.24, 2.45) is 5.92 Å². The summed E-state index contributed by atoms with van der Waals surface area (Å²) < 4.78 is 5.34. The van der Waals surface area contributed by atoms with Gasteiger partial charge in [0.25, 0.3) is 0 Å². The van der Waals surface area contributed by atoms with Crippen LogP contribution in [0.2, 0.25) is 0 Å². The zero-order valence-corrected chi connectivity index (χ0v) is 21.0. The minimum Gasteiger partial charge on any atom is -0.497 e. The van der Waals surface area contributed by atoms with Crippen molar-refractivity contribution in [2.45, 2.75) is 32.2 Å². The van der Waals surface area contributed by atoms with Crippen molar-refractivity contribution in [2.75, 3.05) is 13.7 Å². The highest BCUT2D eigenvalue weighted by Crippen LogP contribution is 2.26. The number of rotatable bonds is 10. The maximum absolute atomic E-state index is 13.5. The molecular weight excluding hydrogens is 450 g/mol. The zero-order valence-electron chi connectivity index (χ0n) is 21.0. The molecule has 6 nitrogen and oxygen atoms in total. The second kappa shape index (κ2) is 11.6. The standard InChI is InChI=1S/C30H33N3O3/c1-20(2)28(30(35)31-17-16-23-19-32-26-15-14-24(36-3)18-25(23)26)33-29(34)27(21-10-6-4-7-11-21)22-12-8-5-9-13-22/h4-15,18-20,27-28,32H,16-17H2,1-3H3,(H,31,35)(H,33,34)/t28-/m1/s1. The molecule has 0 unspecified atom stereocenters. The van der Waals surface area contributed by atoms with Gasteiger partial charge in [-0.25, -0.2) is 0 Å². The van der Waals surface area contributed by atoms with E-state index in [9.17, 15) is 9.59 Å². The van der Waals surface area contributed by atoms with E-state index in [2.05, 4.69) is 15.6 Å². The molecule has 4 rings (SSSR count). The minimum atomic E-state index is -0.643. The topological polar surface area (TPSA) is 83.2 Å². The van der Waals surface area contributed by atoms with E-state index < -0.39 is 12.0 Å². The molecule has 6 heteroatoms. The maximum Gasteiger partial charge on any atom is 0.242 e. The van der Waals surface area contributed by atoms with Crippen LogP contribution in [0, 0.1) is 5.92 Å². The predicted octanol–water partition coefficient (Wildman–Crippen LogP) is 4.81. The summed E-state index contributed by atoms with van der Waals surface area (Å²) in [6.45, 7) is 4.34. The maximum atomic E-state index is 13.5. The van der Waals surface area contributed by atoms with Gasteiger partial charge < -0.3 is 20.4 Å². The van der Waals surface area contributed by atoms with Crippen LogP contribution in [0.4, 0.5) is 0 Å². The Kier molecular flexibility index (Phi) is 8.06. The van der Waals surface area contributed by atoms with Gasteiger partial charge in [0.15, 0.2) is 0 Å². The van der Waals surface area contributed by atoms with Gasteiger partial charge in [-0.3, -0.25) is 9.59 Å². The quantitative estimate of drug-likeness (QED) is 0.303. The van der Waals surface area contributed by atoms with Crippen LogP contribution in [0.5, 0.6) is 5.75 Å². The summed E-state index contributed by atoms with van der Waals surface area (Å²) in [6, 6.07) is 24.6. The van der Waals surface area contributed by atoms with E-state index in [0.717, 1.165) is 33.3 Å². The third-order valence-electron chi connectivity index (χ3n) is 6.44. The Morgan fingerprint density at radius 1 is 0.889 bits per heavy atom. The van der Waals surface area contributed by atoms with Gasteiger partial charge in [-0.2, -0.15) is 0 Å². The summed E-state index contributed by atoms with van der Waals surface area (Å²) in [5.41, 5.74) is 3.90. The van der Waals surface area contributed by atoms with Crippen LogP contribution in [0.1, 0.15) is 36.5 Å². The lowest BCUT2D eigenvalue weighted by Crippen LogP contribution is -2.51. The van der Waals surface area contributed by atoms with Crippen molar-refractivity contribution in [1.82, 2.24) is 15.6 Å². The molecule has 3 aromatic carbocycles. The molecule has 0 aliphatic heterocycles. The fraction of sp³-hybridized carbons (Fsp3) is 0.267. The summed E-state index contributed by atoms with van der Waals surface area (Å²) in [6.07, 6.45) is 2.62. The number of amides is 2. The van der Waals surface area contributed by atoms with E-state index in [1.807, 2.05) is 98.9 Å². The van der Waals surface area contributed by atoms with Crippen LogP contribution < -0.4 is 15.4 Å². The van der Waals surface area contributed by atoms with Gasteiger partial charge in [0.2, 0.25) is 11.8 Å². The molecule has 0 radical (unpaired) electrons. The van der Waals surface area contributed by atoms with Gasteiger partial charge in [0.05, 0.1) is 13.0 Å². The fourth-order valence-corrected chi connectivity index (χ4v) is 4.48. The molecule has 0 aliphatic carbocycles. The molecule has 0 aliphatic rings. The average molecular weight is 484 g/mol. The number of hydrogen-bond acceptors (Lipinski definition) is 3. The number of aromatic nitrogens is 1. The first kappa shape index (κ1) is 25.0. The molecule has 4 aromatic rings. The molecule has 0 saturated heterocycles. The van der Waals surface area contributed by atoms with Crippen molar-refractivity contribution in [1.29, 1.82) is 0 Å². The molecule has 1 atom stereocenters. The van der Waals surface area contributed by atoms with Crippen molar-refractivity contribution < 1.29 is 14.3 Å². The van der Waals surface area contributed by atoms with Crippen LogP contribution in [0.3, 0.4) is 0 Å². The second-order valence-electron chi connectivity index (χ2n) is 9.25. The third kappa shape index (κ3) is 5.77. The Balaban J connectivity index is 1.44. The van der Waals surface area contributed by atoms with Gasteiger partial charge >= 0.3 is 0 Å². The van der Waals surface area contributed by atoms with E-state index in [0.29, 0.717) is 13.0 Å². The molecule has 0 fully saturated rings. The first-order chi connectivity index (χ1) is 17.5. The van der Waals surface area contributed by atoms with Crippen molar-refractivity contribution in [3.63, 3.8) is 0 Å². The van der Waals surface area contributed by atoms with Gasteiger partial charge in [-0.1, -0.05) is 74.5 Å². The van der Waals surface area contributed by atoms with Crippen LogP contribution in [0.25, 0.3) is 10.9 Å². The Hall–Kier alpha value is -4.06. The van der Waals surface area contributed by atoms with E-state index in [1.165, 1.54) is 0 Å².